The van der Waals surface area contributed by atoms with Gasteiger partial charge in [-0.1, -0.05) is 0 Å². The molecule has 0 aliphatic rings. The summed E-state index contributed by atoms with van der Waals surface area (Å²) >= 11 is 1.37. The number of nitro groups is 1. The highest BCUT2D eigenvalue weighted by Gasteiger charge is 2.14. The average molecular weight is 194 g/mol. The summed E-state index contributed by atoms with van der Waals surface area (Å²) in [7, 11) is 0. The van der Waals surface area contributed by atoms with Crippen molar-refractivity contribution < 1.29 is 4.92 Å². The van der Waals surface area contributed by atoms with Crippen molar-refractivity contribution in [3.8, 4) is 0 Å². The van der Waals surface area contributed by atoms with Crippen molar-refractivity contribution in [2.45, 2.75) is 6.92 Å². The molecule has 0 N–H and O–H groups in total. The zero-order chi connectivity index (χ0) is 9.42. The fourth-order valence-electron chi connectivity index (χ4n) is 1.21. The molecule has 0 bridgehead atoms. The summed E-state index contributed by atoms with van der Waals surface area (Å²) in [6, 6.07) is 1.86. The van der Waals surface area contributed by atoms with E-state index in [1.807, 2.05) is 18.4 Å². The van der Waals surface area contributed by atoms with Crippen LogP contribution in [0.15, 0.2) is 17.6 Å². The lowest BCUT2D eigenvalue weighted by molar-refractivity contribution is -0.383. The molecule has 0 amide bonds. The summed E-state index contributed by atoms with van der Waals surface area (Å²) in [5.74, 6) is 0. The van der Waals surface area contributed by atoms with Gasteiger partial charge in [0.15, 0.2) is 0 Å². The maximum absolute atomic E-state index is 10.6. The van der Waals surface area contributed by atoms with Gasteiger partial charge < -0.3 is 0 Å². The maximum atomic E-state index is 10.6. The van der Waals surface area contributed by atoms with E-state index in [4.69, 9.17) is 0 Å². The van der Waals surface area contributed by atoms with Crippen molar-refractivity contribution >= 4 is 27.1 Å². The molecule has 0 radical (unpaired) electrons. The number of pyridine rings is 1. The lowest BCUT2D eigenvalue weighted by Crippen LogP contribution is -1.90. The summed E-state index contributed by atoms with van der Waals surface area (Å²) in [4.78, 5) is 14.2. The van der Waals surface area contributed by atoms with Gasteiger partial charge in [-0.25, -0.2) is 0 Å². The molecule has 2 heterocycles. The van der Waals surface area contributed by atoms with Crippen LogP contribution in [0.25, 0.3) is 10.1 Å². The van der Waals surface area contributed by atoms with Crippen LogP contribution in [0.3, 0.4) is 0 Å². The van der Waals surface area contributed by atoms with Gasteiger partial charge in [0.05, 0.1) is 4.92 Å². The van der Waals surface area contributed by atoms with Crippen molar-refractivity contribution in [3.05, 3.63) is 33.5 Å². The molecule has 0 spiro atoms. The Kier molecular flexibility index (Phi) is 1.73. The van der Waals surface area contributed by atoms with E-state index in [1.165, 1.54) is 17.5 Å². The van der Waals surface area contributed by atoms with Gasteiger partial charge in [0.25, 0.3) is 0 Å². The highest BCUT2D eigenvalue weighted by Crippen LogP contribution is 2.30. The quantitative estimate of drug-likeness (QED) is 0.517. The van der Waals surface area contributed by atoms with Crippen LogP contribution in [-0.2, 0) is 0 Å². The van der Waals surface area contributed by atoms with E-state index in [1.54, 1.807) is 0 Å². The molecule has 0 unspecified atom stereocenters. The second-order valence-electron chi connectivity index (χ2n) is 2.65. The molecule has 0 aliphatic carbocycles. The Morgan fingerprint density at radius 1 is 1.62 bits per heavy atom. The van der Waals surface area contributed by atoms with Crippen LogP contribution in [0.2, 0.25) is 0 Å². The smallest absolute Gasteiger partial charge is 0.258 e. The van der Waals surface area contributed by atoms with Crippen LogP contribution in [-0.4, -0.2) is 9.91 Å². The van der Waals surface area contributed by atoms with Gasteiger partial charge in [0, 0.05) is 11.1 Å². The van der Waals surface area contributed by atoms with E-state index in [0.717, 1.165) is 11.1 Å². The first-order chi connectivity index (χ1) is 6.20. The minimum atomic E-state index is -0.398. The standard InChI is InChI=1S/C8H6N2O2S/c1-5-6-2-3-13-8(6)7(4-9-5)10(11)12/h2-4H,1H3. The van der Waals surface area contributed by atoms with E-state index in [-0.39, 0.29) is 5.69 Å². The Morgan fingerprint density at radius 3 is 3.08 bits per heavy atom. The molecule has 0 aliphatic heterocycles. The first kappa shape index (κ1) is 8.12. The van der Waals surface area contributed by atoms with Gasteiger partial charge in [-0.3, -0.25) is 15.1 Å². The van der Waals surface area contributed by atoms with E-state index in [2.05, 4.69) is 4.98 Å². The summed E-state index contributed by atoms with van der Waals surface area (Å²) in [5.41, 5.74) is 0.928. The molecule has 0 atom stereocenters. The molecule has 5 heteroatoms. The van der Waals surface area contributed by atoms with Crippen LogP contribution in [0.4, 0.5) is 5.69 Å². The van der Waals surface area contributed by atoms with Gasteiger partial charge in [-0.15, -0.1) is 11.3 Å². The number of aromatic nitrogens is 1. The predicted molar refractivity (Wildman–Crippen MR) is 51.0 cm³/mol. The van der Waals surface area contributed by atoms with Crippen molar-refractivity contribution in [2.24, 2.45) is 0 Å². The van der Waals surface area contributed by atoms with Crippen molar-refractivity contribution in [1.82, 2.24) is 4.98 Å². The molecule has 0 saturated carbocycles. The Balaban J connectivity index is 2.86. The van der Waals surface area contributed by atoms with Crippen LogP contribution in [0, 0.1) is 17.0 Å². The molecule has 66 valence electrons. The molecular weight excluding hydrogens is 188 g/mol. The van der Waals surface area contributed by atoms with E-state index >= 15 is 0 Å². The molecule has 2 rings (SSSR count). The second kappa shape index (κ2) is 2.77. The highest BCUT2D eigenvalue weighted by atomic mass is 32.1. The van der Waals surface area contributed by atoms with Crippen LogP contribution < -0.4 is 0 Å². The van der Waals surface area contributed by atoms with E-state index < -0.39 is 4.92 Å². The number of fused-ring (bicyclic) bond motifs is 1. The molecule has 2 aromatic rings. The van der Waals surface area contributed by atoms with Gasteiger partial charge in [0.1, 0.15) is 10.9 Å². The molecular formula is C8H6N2O2S. The van der Waals surface area contributed by atoms with Crippen LogP contribution >= 0.6 is 11.3 Å². The zero-order valence-electron chi connectivity index (χ0n) is 6.85. The number of rotatable bonds is 1. The molecule has 0 aromatic carbocycles. The number of hydrogen-bond acceptors (Lipinski definition) is 4. The summed E-state index contributed by atoms with van der Waals surface area (Å²) < 4.78 is 0.706. The highest BCUT2D eigenvalue weighted by molar-refractivity contribution is 7.17. The molecule has 13 heavy (non-hydrogen) atoms. The fourth-order valence-corrected chi connectivity index (χ4v) is 2.14. The number of nitrogens with zero attached hydrogens (tertiary/aromatic N) is 2. The second-order valence-corrected chi connectivity index (χ2v) is 3.57. The summed E-state index contributed by atoms with van der Waals surface area (Å²) in [5, 5.41) is 13.3. The Morgan fingerprint density at radius 2 is 2.38 bits per heavy atom. The summed E-state index contributed by atoms with van der Waals surface area (Å²) in [6.45, 7) is 1.85. The molecule has 0 saturated heterocycles. The van der Waals surface area contributed by atoms with Gasteiger partial charge in [-0.05, 0) is 18.4 Å². The lowest BCUT2D eigenvalue weighted by Gasteiger charge is -1.95. The average Bonchev–Trinajstić information content (AvgIpc) is 2.53. The first-order valence-electron chi connectivity index (χ1n) is 3.67. The summed E-state index contributed by atoms with van der Waals surface area (Å²) in [6.07, 6.45) is 1.31. The van der Waals surface area contributed by atoms with Crippen molar-refractivity contribution in [3.63, 3.8) is 0 Å². The zero-order valence-corrected chi connectivity index (χ0v) is 7.67. The SMILES string of the molecule is Cc1ncc([N+](=O)[O-])c2sccc12. The first-order valence-corrected chi connectivity index (χ1v) is 4.55. The molecule has 4 nitrogen and oxygen atoms in total. The van der Waals surface area contributed by atoms with Gasteiger partial charge in [0.2, 0.25) is 0 Å². The van der Waals surface area contributed by atoms with Crippen molar-refractivity contribution in [2.75, 3.05) is 0 Å². The predicted octanol–water partition coefficient (Wildman–Crippen LogP) is 2.51. The topological polar surface area (TPSA) is 56.0 Å². The minimum absolute atomic E-state index is 0.0931. The molecule has 2 aromatic heterocycles. The monoisotopic (exact) mass is 194 g/mol. The van der Waals surface area contributed by atoms with Crippen LogP contribution in [0.1, 0.15) is 5.69 Å². The normalized spacial score (nSPS) is 10.5. The Hall–Kier alpha value is -1.49. The fraction of sp³-hybridized carbons (Fsp3) is 0.125. The third-order valence-electron chi connectivity index (χ3n) is 1.86. The number of aryl methyl sites for hydroxylation is 1. The maximum Gasteiger partial charge on any atom is 0.305 e. The van der Waals surface area contributed by atoms with Gasteiger partial charge in [-0.2, -0.15) is 0 Å². The van der Waals surface area contributed by atoms with Crippen molar-refractivity contribution in [1.29, 1.82) is 0 Å². The third kappa shape index (κ3) is 1.17. The van der Waals surface area contributed by atoms with Crippen LogP contribution in [0.5, 0.6) is 0 Å². The number of hydrogen-bond donors (Lipinski definition) is 0. The Labute approximate surface area is 78.0 Å². The number of thiophene rings is 1. The lowest BCUT2D eigenvalue weighted by atomic mass is 10.2. The van der Waals surface area contributed by atoms with E-state index in [0.29, 0.717) is 4.70 Å². The minimum Gasteiger partial charge on any atom is -0.258 e. The third-order valence-corrected chi connectivity index (χ3v) is 2.80. The van der Waals surface area contributed by atoms with Gasteiger partial charge >= 0.3 is 5.69 Å². The Bertz CT molecular complexity index is 478. The van der Waals surface area contributed by atoms with E-state index in [9.17, 15) is 10.1 Å². The largest absolute Gasteiger partial charge is 0.305 e. The molecule has 0 fully saturated rings.